The summed E-state index contributed by atoms with van der Waals surface area (Å²) in [5.74, 6) is 1.15. The van der Waals surface area contributed by atoms with Gasteiger partial charge in [0.25, 0.3) is 5.91 Å². The molecular formula is C35H27ClN2O4. The number of anilines is 1. The first-order valence-corrected chi connectivity index (χ1v) is 13.6. The van der Waals surface area contributed by atoms with E-state index in [9.17, 15) is 10.1 Å². The van der Waals surface area contributed by atoms with Gasteiger partial charge in [-0.1, -0.05) is 78.3 Å². The van der Waals surface area contributed by atoms with Crippen molar-refractivity contribution in [3.05, 3.63) is 136 Å². The summed E-state index contributed by atoms with van der Waals surface area (Å²) < 4.78 is 17.4. The lowest BCUT2D eigenvalue weighted by atomic mass is 10.1. The van der Waals surface area contributed by atoms with Gasteiger partial charge in [0.05, 0.1) is 7.11 Å². The highest BCUT2D eigenvalue weighted by atomic mass is 35.5. The van der Waals surface area contributed by atoms with E-state index in [0.717, 1.165) is 21.9 Å². The molecule has 0 saturated carbocycles. The smallest absolute Gasteiger partial charge is 0.266 e. The van der Waals surface area contributed by atoms with Gasteiger partial charge in [0, 0.05) is 16.3 Å². The summed E-state index contributed by atoms with van der Waals surface area (Å²) in [7, 11) is 1.55. The third kappa shape index (κ3) is 6.90. The Morgan fingerprint density at radius 3 is 2.33 bits per heavy atom. The van der Waals surface area contributed by atoms with Crippen molar-refractivity contribution in [2.75, 3.05) is 12.4 Å². The summed E-state index contributed by atoms with van der Waals surface area (Å²) in [5.41, 5.74) is 3.03. The first kappa shape index (κ1) is 28.3. The molecule has 0 bridgehead atoms. The van der Waals surface area contributed by atoms with Crippen LogP contribution in [0.1, 0.15) is 16.7 Å². The number of nitriles is 1. The predicted octanol–water partition coefficient (Wildman–Crippen LogP) is 8.21. The topological polar surface area (TPSA) is 80.6 Å². The van der Waals surface area contributed by atoms with E-state index in [0.29, 0.717) is 46.7 Å². The van der Waals surface area contributed by atoms with Crippen LogP contribution in [0.25, 0.3) is 16.8 Å². The van der Waals surface area contributed by atoms with E-state index in [4.69, 9.17) is 25.8 Å². The van der Waals surface area contributed by atoms with Crippen LogP contribution in [0.15, 0.2) is 115 Å². The zero-order valence-electron chi connectivity index (χ0n) is 22.8. The van der Waals surface area contributed by atoms with Crippen LogP contribution < -0.4 is 19.5 Å². The third-order valence-electron chi connectivity index (χ3n) is 6.59. The number of carbonyl (C=O) groups is 1. The van der Waals surface area contributed by atoms with Crippen LogP contribution in [0.2, 0.25) is 5.02 Å². The molecule has 0 spiro atoms. The molecule has 208 valence electrons. The highest BCUT2D eigenvalue weighted by Gasteiger charge is 2.12. The van der Waals surface area contributed by atoms with Crippen molar-refractivity contribution >= 4 is 40.0 Å². The average molecular weight is 575 g/mol. The van der Waals surface area contributed by atoms with Crippen molar-refractivity contribution in [1.29, 1.82) is 5.26 Å². The molecule has 5 aromatic carbocycles. The molecule has 5 rings (SSSR count). The van der Waals surface area contributed by atoms with Crippen molar-refractivity contribution in [2.24, 2.45) is 0 Å². The van der Waals surface area contributed by atoms with Gasteiger partial charge in [-0.3, -0.25) is 4.79 Å². The number of hydrogen-bond acceptors (Lipinski definition) is 5. The van der Waals surface area contributed by atoms with Gasteiger partial charge in [-0.15, -0.1) is 0 Å². The van der Waals surface area contributed by atoms with E-state index in [1.54, 1.807) is 49.6 Å². The van der Waals surface area contributed by atoms with Crippen molar-refractivity contribution in [1.82, 2.24) is 0 Å². The molecule has 0 saturated heterocycles. The fourth-order valence-corrected chi connectivity index (χ4v) is 4.58. The molecule has 1 amide bonds. The number of methoxy groups -OCH3 is 1. The number of hydrogen-bond donors (Lipinski definition) is 1. The fraction of sp³-hybridized carbons (Fsp3) is 0.0857. The molecule has 1 N–H and O–H groups in total. The monoisotopic (exact) mass is 574 g/mol. The Bertz CT molecular complexity index is 1790. The van der Waals surface area contributed by atoms with Gasteiger partial charge in [0.2, 0.25) is 0 Å². The maximum Gasteiger partial charge on any atom is 0.266 e. The summed E-state index contributed by atoms with van der Waals surface area (Å²) in [6, 6.07) is 35.9. The van der Waals surface area contributed by atoms with E-state index in [2.05, 4.69) is 23.5 Å². The van der Waals surface area contributed by atoms with Crippen molar-refractivity contribution in [3.8, 4) is 23.3 Å². The molecule has 0 radical (unpaired) electrons. The van der Waals surface area contributed by atoms with Gasteiger partial charge < -0.3 is 19.5 Å². The van der Waals surface area contributed by atoms with Crippen LogP contribution in [0.3, 0.4) is 0 Å². The Hall–Kier alpha value is -5.25. The number of nitrogens with zero attached hydrogens (tertiary/aromatic N) is 1. The molecular weight excluding hydrogens is 548 g/mol. The molecule has 6 nitrogen and oxygen atoms in total. The Labute approximate surface area is 249 Å². The molecule has 0 aliphatic carbocycles. The predicted molar refractivity (Wildman–Crippen MR) is 166 cm³/mol. The minimum atomic E-state index is -0.530. The van der Waals surface area contributed by atoms with E-state index < -0.39 is 5.91 Å². The van der Waals surface area contributed by atoms with E-state index in [-0.39, 0.29) is 5.57 Å². The molecule has 0 unspecified atom stereocenters. The fourth-order valence-electron chi connectivity index (χ4n) is 4.39. The number of carbonyl (C=O) groups excluding carboxylic acids is 1. The maximum atomic E-state index is 12.9. The maximum absolute atomic E-state index is 12.9. The summed E-state index contributed by atoms with van der Waals surface area (Å²) in [6.07, 6.45) is 1.51. The molecule has 0 heterocycles. The number of fused-ring (bicyclic) bond motifs is 1. The summed E-state index contributed by atoms with van der Waals surface area (Å²) in [4.78, 5) is 12.9. The van der Waals surface area contributed by atoms with E-state index >= 15 is 0 Å². The Kier molecular flexibility index (Phi) is 9.03. The van der Waals surface area contributed by atoms with Crippen LogP contribution in [0.5, 0.6) is 17.2 Å². The second kappa shape index (κ2) is 13.4. The highest BCUT2D eigenvalue weighted by molar-refractivity contribution is 6.31. The summed E-state index contributed by atoms with van der Waals surface area (Å²) in [6.45, 7) is 0.686. The summed E-state index contributed by atoms with van der Waals surface area (Å²) in [5, 5.41) is 15.4. The van der Waals surface area contributed by atoms with Crippen LogP contribution in [-0.4, -0.2) is 13.0 Å². The third-order valence-corrected chi connectivity index (χ3v) is 6.96. The molecule has 5 aromatic rings. The average Bonchev–Trinajstić information content (AvgIpc) is 3.03. The van der Waals surface area contributed by atoms with Crippen LogP contribution in [-0.2, 0) is 18.0 Å². The number of ether oxygens (including phenoxy) is 3. The zero-order chi connectivity index (χ0) is 29.3. The Morgan fingerprint density at radius 1 is 0.833 bits per heavy atom. The zero-order valence-corrected chi connectivity index (χ0v) is 23.6. The summed E-state index contributed by atoms with van der Waals surface area (Å²) >= 11 is 6.18. The molecule has 0 atom stereocenters. The van der Waals surface area contributed by atoms with Gasteiger partial charge in [-0.05, 0) is 70.4 Å². The largest absolute Gasteiger partial charge is 0.493 e. The highest BCUT2D eigenvalue weighted by Crippen LogP contribution is 2.31. The molecule has 0 aliphatic heterocycles. The van der Waals surface area contributed by atoms with Crippen LogP contribution >= 0.6 is 11.6 Å². The van der Waals surface area contributed by atoms with Gasteiger partial charge in [-0.2, -0.15) is 5.26 Å². The van der Waals surface area contributed by atoms with Crippen LogP contribution in [0.4, 0.5) is 5.69 Å². The molecule has 7 heteroatoms. The van der Waals surface area contributed by atoms with E-state index in [1.165, 1.54) is 6.08 Å². The number of halogens is 1. The molecule has 0 aliphatic rings. The number of nitrogens with one attached hydrogen (secondary N) is 1. The van der Waals surface area contributed by atoms with Crippen molar-refractivity contribution in [2.45, 2.75) is 13.2 Å². The van der Waals surface area contributed by atoms with Crippen molar-refractivity contribution in [3.63, 3.8) is 0 Å². The van der Waals surface area contributed by atoms with E-state index in [1.807, 2.05) is 54.6 Å². The van der Waals surface area contributed by atoms with Crippen LogP contribution in [0, 0.1) is 11.3 Å². The normalized spacial score (nSPS) is 11.0. The number of benzene rings is 5. The quantitative estimate of drug-likeness (QED) is 0.134. The standard InChI is InChI=1S/C35H27ClN2O4/c1-40-34-20-24(13-18-33(34)42-22-26-10-6-9-25-7-2-4-11-31(25)26)19-28(21-37)35(39)38-29-14-16-30(17-15-29)41-23-27-8-3-5-12-32(27)36/h2-20H,22-23H2,1H3,(H,38,39)/b28-19+. The van der Waals surface area contributed by atoms with Crippen molar-refractivity contribution < 1.29 is 19.0 Å². The first-order valence-electron chi connectivity index (χ1n) is 13.2. The van der Waals surface area contributed by atoms with Gasteiger partial charge in [0.1, 0.15) is 30.6 Å². The van der Waals surface area contributed by atoms with Gasteiger partial charge in [0.15, 0.2) is 11.5 Å². The SMILES string of the molecule is COc1cc(/C=C(\C#N)C(=O)Nc2ccc(OCc3ccccc3Cl)cc2)ccc1OCc1cccc2ccccc12. The Morgan fingerprint density at radius 2 is 1.55 bits per heavy atom. The lowest BCUT2D eigenvalue weighted by Gasteiger charge is -2.13. The Balaban J connectivity index is 1.23. The first-order chi connectivity index (χ1) is 20.5. The number of amides is 1. The molecule has 42 heavy (non-hydrogen) atoms. The lowest BCUT2D eigenvalue weighted by Crippen LogP contribution is -2.13. The second-order valence-electron chi connectivity index (χ2n) is 9.37. The molecule has 0 aromatic heterocycles. The van der Waals surface area contributed by atoms with Gasteiger partial charge in [-0.25, -0.2) is 0 Å². The second-order valence-corrected chi connectivity index (χ2v) is 9.77. The minimum Gasteiger partial charge on any atom is -0.493 e. The van der Waals surface area contributed by atoms with Gasteiger partial charge >= 0.3 is 0 Å². The minimum absolute atomic E-state index is 0.0551. The molecule has 0 fully saturated rings. The lowest BCUT2D eigenvalue weighted by molar-refractivity contribution is -0.112. The number of rotatable bonds is 10.